The highest BCUT2D eigenvalue weighted by Gasteiger charge is 2.15. The third kappa shape index (κ3) is 4.26. The summed E-state index contributed by atoms with van der Waals surface area (Å²) in [6, 6.07) is 5.43. The zero-order valence-corrected chi connectivity index (χ0v) is 12.0. The summed E-state index contributed by atoms with van der Waals surface area (Å²) in [5, 5.41) is 0. The van der Waals surface area contributed by atoms with E-state index in [1.165, 1.54) is 0 Å². The first-order valence-electron chi connectivity index (χ1n) is 6.11. The lowest BCUT2D eigenvalue weighted by Crippen LogP contribution is -2.14. The second-order valence-corrected chi connectivity index (χ2v) is 5.85. The molecule has 0 aliphatic heterocycles. The SMILES string of the molecule is CCCCS(=O)CC(=O)c1ccc(C)cc1OC. The number of unbranched alkanes of at least 4 members (excludes halogenated alkanes) is 1. The van der Waals surface area contributed by atoms with Crippen molar-refractivity contribution in [3.8, 4) is 5.75 Å². The summed E-state index contributed by atoms with van der Waals surface area (Å²) in [7, 11) is 0.470. The van der Waals surface area contributed by atoms with E-state index in [4.69, 9.17) is 4.74 Å². The van der Waals surface area contributed by atoms with Crippen molar-refractivity contribution in [2.75, 3.05) is 18.6 Å². The van der Waals surface area contributed by atoms with Crippen molar-refractivity contribution in [1.82, 2.24) is 0 Å². The quantitative estimate of drug-likeness (QED) is 0.714. The van der Waals surface area contributed by atoms with Gasteiger partial charge >= 0.3 is 0 Å². The highest BCUT2D eigenvalue weighted by atomic mass is 32.2. The fraction of sp³-hybridized carbons (Fsp3) is 0.500. The second kappa shape index (κ2) is 7.31. The molecule has 1 atom stereocenters. The van der Waals surface area contributed by atoms with Crippen molar-refractivity contribution >= 4 is 16.6 Å². The molecular formula is C14H20O3S. The van der Waals surface area contributed by atoms with Gasteiger partial charge in [-0.3, -0.25) is 9.00 Å². The number of ether oxygens (including phenoxy) is 1. The average Bonchev–Trinajstić information content (AvgIpc) is 2.35. The van der Waals surface area contributed by atoms with E-state index in [0.717, 1.165) is 18.4 Å². The van der Waals surface area contributed by atoms with Gasteiger partial charge in [0.05, 0.1) is 18.4 Å². The number of hydrogen-bond acceptors (Lipinski definition) is 3. The number of benzene rings is 1. The number of carbonyl (C=O) groups excluding carboxylic acids is 1. The molecule has 0 saturated carbocycles. The molecule has 1 aromatic rings. The first-order valence-corrected chi connectivity index (χ1v) is 7.60. The molecule has 0 fully saturated rings. The van der Waals surface area contributed by atoms with Crippen LogP contribution in [0.1, 0.15) is 35.7 Å². The summed E-state index contributed by atoms with van der Waals surface area (Å²) < 4.78 is 16.9. The Morgan fingerprint density at radius 3 is 2.72 bits per heavy atom. The monoisotopic (exact) mass is 268 g/mol. The van der Waals surface area contributed by atoms with Gasteiger partial charge in [0, 0.05) is 16.6 Å². The van der Waals surface area contributed by atoms with E-state index in [9.17, 15) is 9.00 Å². The van der Waals surface area contributed by atoms with Crippen LogP contribution in [-0.2, 0) is 10.8 Å². The molecule has 0 amide bonds. The Bertz CT molecular complexity index is 441. The lowest BCUT2D eigenvalue weighted by Gasteiger charge is -2.08. The summed E-state index contributed by atoms with van der Waals surface area (Å²) in [4.78, 5) is 12.0. The number of ketones is 1. The number of Topliss-reactive ketones (excluding diaryl/α,β-unsaturated/α-hetero) is 1. The Labute approximate surface area is 111 Å². The van der Waals surface area contributed by atoms with Crippen molar-refractivity contribution in [1.29, 1.82) is 0 Å². The molecule has 4 heteroatoms. The lowest BCUT2D eigenvalue weighted by molar-refractivity contribution is 0.101. The van der Waals surface area contributed by atoms with E-state index in [-0.39, 0.29) is 11.5 Å². The van der Waals surface area contributed by atoms with Crippen LogP contribution in [0.4, 0.5) is 0 Å². The van der Waals surface area contributed by atoms with E-state index in [1.54, 1.807) is 13.2 Å². The molecule has 1 unspecified atom stereocenters. The van der Waals surface area contributed by atoms with E-state index in [0.29, 0.717) is 17.1 Å². The van der Waals surface area contributed by atoms with Crippen molar-refractivity contribution in [3.63, 3.8) is 0 Å². The number of carbonyl (C=O) groups is 1. The highest BCUT2D eigenvalue weighted by molar-refractivity contribution is 7.85. The number of rotatable bonds is 7. The number of hydrogen-bond donors (Lipinski definition) is 0. The van der Waals surface area contributed by atoms with Gasteiger partial charge in [0.25, 0.3) is 0 Å². The predicted molar refractivity (Wildman–Crippen MR) is 74.8 cm³/mol. The van der Waals surface area contributed by atoms with Gasteiger partial charge in [-0.2, -0.15) is 0 Å². The Kier molecular flexibility index (Phi) is 6.05. The van der Waals surface area contributed by atoms with Crippen molar-refractivity contribution < 1.29 is 13.7 Å². The summed E-state index contributed by atoms with van der Waals surface area (Å²) >= 11 is 0. The van der Waals surface area contributed by atoms with Crippen LogP contribution in [0.2, 0.25) is 0 Å². The van der Waals surface area contributed by atoms with E-state index in [1.807, 2.05) is 26.0 Å². The maximum atomic E-state index is 12.0. The Hall–Kier alpha value is -1.16. The van der Waals surface area contributed by atoms with Gasteiger partial charge in [-0.25, -0.2) is 0 Å². The van der Waals surface area contributed by atoms with Gasteiger partial charge in [0.15, 0.2) is 5.78 Å². The Morgan fingerprint density at radius 1 is 1.39 bits per heavy atom. The summed E-state index contributed by atoms with van der Waals surface area (Å²) in [6.45, 7) is 3.98. The second-order valence-electron chi connectivity index (χ2n) is 4.27. The van der Waals surface area contributed by atoms with Gasteiger partial charge in [-0.1, -0.05) is 19.4 Å². The Balaban J connectivity index is 2.75. The highest BCUT2D eigenvalue weighted by Crippen LogP contribution is 2.20. The molecule has 0 N–H and O–H groups in total. The van der Waals surface area contributed by atoms with Crippen LogP contribution in [-0.4, -0.2) is 28.6 Å². The average molecular weight is 268 g/mol. The summed E-state index contributed by atoms with van der Waals surface area (Å²) in [6.07, 6.45) is 1.89. The van der Waals surface area contributed by atoms with Crippen LogP contribution in [0.5, 0.6) is 5.75 Å². The maximum Gasteiger partial charge on any atom is 0.179 e. The van der Waals surface area contributed by atoms with Crippen molar-refractivity contribution in [2.45, 2.75) is 26.7 Å². The molecule has 0 aliphatic rings. The molecule has 0 spiro atoms. The van der Waals surface area contributed by atoms with Crippen molar-refractivity contribution in [2.24, 2.45) is 0 Å². The molecule has 18 heavy (non-hydrogen) atoms. The molecule has 0 radical (unpaired) electrons. The van der Waals surface area contributed by atoms with E-state index >= 15 is 0 Å². The van der Waals surface area contributed by atoms with Crippen LogP contribution in [0, 0.1) is 6.92 Å². The normalized spacial score (nSPS) is 12.2. The van der Waals surface area contributed by atoms with E-state index in [2.05, 4.69) is 0 Å². The number of aryl methyl sites for hydroxylation is 1. The van der Waals surface area contributed by atoms with Gasteiger partial charge in [0.2, 0.25) is 0 Å². The predicted octanol–water partition coefficient (Wildman–Crippen LogP) is 2.74. The number of methoxy groups -OCH3 is 1. The standard InChI is InChI=1S/C14H20O3S/c1-4-5-8-18(16)10-13(15)12-7-6-11(2)9-14(12)17-3/h6-7,9H,4-5,8,10H2,1-3H3. The Morgan fingerprint density at radius 2 is 2.11 bits per heavy atom. The molecule has 3 nitrogen and oxygen atoms in total. The third-order valence-electron chi connectivity index (χ3n) is 2.68. The van der Waals surface area contributed by atoms with Gasteiger partial charge < -0.3 is 4.74 Å². The fourth-order valence-corrected chi connectivity index (χ4v) is 2.83. The van der Waals surface area contributed by atoms with Crippen LogP contribution < -0.4 is 4.74 Å². The molecule has 0 saturated heterocycles. The fourth-order valence-electron chi connectivity index (χ4n) is 1.63. The lowest BCUT2D eigenvalue weighted by atomic mass is 10.1. The zero-order valence-electron chi connectivity index (χ0n) is 11.2. The molecule has 0 bridgehead atoms. The largest absolute Gasteiger partial charge is 0.496 e. The van der Waals surface area contributed by atoms with Crippen LogP contribution in [0.25, 0.3) is 0 Å². The molecule has 0 aromatic heterocycles. The molecule has 100 valence electrons. The van der Waals surface area contributed by atoms with Crippen LogP contribution >= 0.6 is 0 Å². The maximum absolute atomic E-state index is 12.0. The first kappa shape index (κ1) is 14.9. The summed E-state index contributed by atoms with van der Waals surface area (Å²) in [5.41, 5.74) is 1.56. The van der Waals surface area contributed by atoms with E-state index < -0.39 is 10.8 Å². The molecule has 1 rings (SSSR count). The van der Waals surface area contributed by atoms with Gasteiger partial charge in [0.1, 0.15) is 5.75 Å². The van der Waals surface area contributed by atoms with Crippen LogP contribution in [0.3, 0.4) is 0 Å². The minimum absolute atomic E-state index is 0.0828. The smallest absolute Gasteiger partial charge is 0.179 e. The zero-order chi connectivity index (χ0) is 13.5. The van der Waals surface area contributed by atoms with Gasteiger partial charge in [-0.15, -0.1) is 0 Å². The van der Waals surface area contributed by atoms with Crippen molar-refractivity contribution in [3.05, 3.63) is 29.3 Å². The first-order chi connectivity index (χ1) is 8.58. The molecular weight excluding hydrogens is 248 g/mol. The van der Waals surface area contributed by atoms with Gasteiger partial charge in [-0.05, 0) is 31.0 Å². The topological polar surface area (TPSA) is 43.4 Å². The minimum Gasteiger partial charge on any atom is -0.496 e. The molecule has 0 heterocycles. The van der Waals surface area contributed by atoms with Crippen LogP contribution in [0.15, 0.2) is 18.2 Å². The minimum atomic E-state index is -1.07. The molecule has 0 aliphatic carbocycles. The molecule has 1 aromatic carbocycles. The summed E-state index contributed by atoms with van der Waals surface area (Å²) in [5.74, 6) is 1.13. The third-order valence-corrected chi connectivity index (χ3v) is 4.00.